The Labute approximate surface area is 73.6 Å². The lowest BCUT2D eigenvalue weighted by atomic mass is 10.3. The van der Waals surface area contributed by atoms with Gasteiger partial charge in [0.05, 0.1) is 11.6 Å². The van der Waals surface area contributed by atoms with Gasteiger partial charge in [0.2, 0.25) is 0 Å². The Morgan fingerprint density at radius 3 is 2.90 bits per heavy atom. The Balaban J connectivity index is 3.07. The third-order valence-corrected chi connectivity index (χ3v) is 2.12. The van der Waals surface area contributed by atoms with E-state index < -0.39 is 0 Å². The molecule has 1 heterocycles. The van der Waals surface area contributed by atoms with E-state index in [1.54, 1.807) is 0 Å². The van der Waals surface area contributed by atoms with Crippen LogP contribution in [0, 0.1) is 6.92 Å². The summed E-state index contributed by atoms with van der Waals surface area (Å²) >= 11 is 8.95. The van der Waals surface area contributed by atoms with E-state index in [2.05, 4.69) is 20.9 Å². The van der Waals surface area contributed by atoms with Crippen LogP contribution in [0.1, 0.15) is 11.3 Å². The molecule has 0 fully saturated rings. The molecule has 0 bridgehead atoms. The van der Waals surface area contributed by atoms with E-state index >= 15 is 0 Å². The Morgan fingerprint density at radius 1 is 1.70 bits per heavy atom. The van der Waals surface area contributed by atoms with Crippen molar-refractivity contribution in [3.8, 4) is 0 Å². The molecule has 0 saturated carbocycles. The van der Waals surface area contributed by atoms with Crippen molar-refractivity contribution >= 4 is 27.5 Å². The molecule has 0 unspecified atom stereocenters. The van der Waals surface area contributed by atoms with Gasteiger partial charge in [-0.1, -0.05) is 0 Å². The standard InChI is InChI=1S/C7H7BrClN/c1-5-2-6(8)7(3-9)10-4-5/h2,4H,3H2,1H3. The zero-order valence-corrected chi connectivity index (χ0v) is 7.91. The lowest BCUT2D eigenvalue weighted by molar-refractivity contribution is 1.13. The van der Waals surface area contributed by atoms with Crippen LogP contribution in [-0.4, -0.2) is 4.98 Å². The fourth-order valence-electron chi connectivity index (χ4n) is 0.660. The lowest BCUT2D eigenvalue weighted by Gasteiger charge is -1.98. The fraction of sp³-hybridized carbons (Fsp3) is 0.286. The van der Waals surface area contributed by atoms with Crippen LogP contribution in [0.25, 0.3) is 0 Å². The molecule has 54 valence electrons. The molecule has 0 N–H and O–H groups in total. The van der Waals surface area contributed by atoms with Crippen molar-refractivity contribution < 1.29 is 0 Å². The highest BCUT2D eigenvalue weighted by Crippen LogP contribution is 2.16. The third-order valence-electron chi connectivity index (χ3n) is 1.18. The van der Waals surface area contributed by atoms with Crippen LogP contribution in [0.5, 0.6) is 0 Å². The lowest BCUT2D eigenvalue weighted by Crippen LogP contribution is -1.87. The first kappa shape index (κ1) is 8.02. The van der Waals surface area contributed by atoms with Gasteiger partial charge in [-0.05, 0) is 34.5 Å². The van der Waals surface area contributed by atoms with E-state index in [4.69, 9.17) is 11.6 Å². The Morgan fingerprint density at radius 2 is 2.40 bits per heavy atom. The molecule has 3 heteroatoms. The Hall–Kier alpha value is -0.0800. The van der Waals surface area contributed by atoms with Crippen molar-refractivity contribution in [2.45, 2.75) is 12.8 Å². The number of halogens is 2. The van der Waals surface area contributed by atoms with Gasteiger partial charge in [-0.25, -0.2) is 0 Å². The minimum Gasteiger partial charge on any atom is -0.259 e. The van der Waals surface area contributed by atoms with Crippen molar-refractivity contribution in [1.29, 1.82) is 0 Å². The van der Waals surface area contributed by atoms with E-state index in [9.17, 15) is 0 Å². The van der Waals surface area contributed by atoms with Crippen molar-refractivity contribution in [2.24, 2.45) is 0 Å². The molecule has 0 atom stereocenters. The minimum absolute atomic E-state index is 0.459. The van der Waals surface area contributed by atoms with Gasteiger partial charge in [-0.3, -0.25) is 4.98 Å². The molecule has 1 nitrogen and oxygen atoms in total. The van der Waals surface area contributed by atoms with Crippen molar-refractivity contribution in [3.63, 3.8) is 0 Å². The van der Waals surface area contributed by atoms with E-state index in [0.29, 0.717) is 5.88 Å². The predicted octanol–water partition coefficient (Wildman–Crippen LogP) is 2.89. The molecule has 0 aliphatic carbocycles. The van der Waals surface area contributed by atoms with E-state index in [0.717, 1.165) is 15.7 Å². The van der Waals surface area contributed by atoms with Crippen LogP contribution < -0.4 is 0 Å². The minimum atomic E-state index is 0.459. The highest BCUT2D eigenvalue weighted by atomic mass is 79.9. The second-order valence-corrected chi connectivity index (χ2v) is 3.20. The normalized spacial score (nSPS) is 9.90. The molecule has 0 aliphatic rings. The quantitative estimate of drug-likeness (QED) is 0.663. The number of pyridine rings is 1. The van der Waals surface area contributed by atoms with Gasteiger partial charge in [0, 0.05) is 10.7 Å². The topological polar surface area (TPSA) is 12.9 Å². The van der Waals surface area contributed by atoms with Gasteiger partial charge in [-0.15, -0.1) is 11.6 Å². The molecule has 1 rings (SSSR count). The number of rotatable bonds is 1. The highest BCUT2D eigenvalue weighted by Gasteiger charge is 1.97. The predicted molar refractivity (Wildman–Crippen MR) is 46.2 cm³/mol. The summed E-state index contributed by atoms with van der Waals surface area (Å²) in [7, 11) is 0. The second kappa shape index (κ2) is 3.35. The van der Waals surface area contributed by atoms with Gasteiger partial charge >= 0.3 is 0 Å². The van der Waals surface area contributed by atoms with Crippen molar-refractivity contribution in [1.82, 2.24) is 4.98 Å². The SMILES string of the molecule is Cc1cnc(CCl)c(Br)c1. The molecule has 0 aromatic carbocycles. The number of hydrogen-bond acceptors (Lipinski definition) is 1. The second-order valence-electron chi connectivity index (χ2n) is 2.07. The summed E-state index contributed by atoms with van der Waals surface area (Å²) in [5.41, 5.74) is 2.04. The number of aromatic nitrogens is 1. The molecule has 10 heavy (non-hydrogen) atoms. The molecule has 0 spiro atoms. The van der Waals surface area contributed by atoms with Gasteiger partial charge in [0.25, 0.3) is 0 Å². The van der Waals surface area contributed by atoms with Crippen LogP contribution in [0.2, 0.25) is 0 Å². The largest absolute Gasteiger partial charge is 0.259 e. The molecule has 0 amide bonds. The highest BCUT2D eigenvalue weighted by molar-refractivity contribution is 9.10. The molecular weight excluding hydrogens is 213 g/mol. The zero-order valence-electron chi connectivity index (χ0n) is 5.56. The zero-order chi connectivity index (χ0) is 7.56. The summed E-state index contributed by atoms with van der Waals surface area (Å²) in [6, 6.07) is 2.00. The first-order valence-electron chi connectivity index (χ1n) is 2.91. The number of aryl methyl sites for hydroxylation is 1. The molecule has 0 aliphatic heterocycles. The molecule has 0 radical (unpaired) electrons. The Bertz CT molecular complexity index is 237. The summed E-state index contributed by atoms with van der Waals surface area (Å²) in [5, 5.41) is 0. The molecule has 1 aromatic heterocycles. The van der Waals surface area contributed by atoms with Gasteiger partial charge in [-0.2, -0.15) is 0 Å². The van der Waals surface area contributed by atoms with Crippen molar-refractivity contribution in [2.75, 3.05) is 0 Å². The molecule has 1 aromatic rings. The van der Waals surface area contributed by atoms with Crippen LogP contribution in [0.3, 0.4) is 0 Å². The summed E-state index contributed by atoms with van der Waals surface area (Å²) in [6.07, 6.45) is 1.81. The smallest absolute Gasteiger partial charge is 0.0693 e. The monoisotopic (exact) mass is 219 g/mol. The van der Waals surface area contributed by atoms with Gasteiger partial charge in [0.15, 0.2) is 0 Å². The van der Waals surface area contributed by atoms with Gasteiger partial charge < -0.3 is 0 Å². The summed E-state index contributed by atoms with van der Waals surface area (Å²) in [4.78, 5) is 4.12. The summed E-state index contributed by atoms with van der Waals surface area (Å²) in [5.74, 6) is 0.459. The number of nitrogens with zero attached hydrogens (tertiary/aromatic N) is 1. The van der Waals surface area contributed by atoms with Crippen LogP contribution in [0.4, 0.5) is 0 Å². The summed E-state index contributed by atoms with van der Waals surface area (Å²) < 4.78 is 0.988. The van der Waals surface area contributed by atoms with Gasteiger partial charge in [0.1, 0.15) is 0 Å². The Kier molecular flexibility index (Phi) is 2.69. The average molecular weight is 220 g/mol. The van der Waals surface area contributed by atoms with E-state index in [1.807, 2.05) is 19.2 Å². The summed E-state index contributed by atoms with van der Waals surface area (Å²) in [6.45, 7) is 2.00. The van der Waals surface area contributed by atoms with E-state index in [1.165, 1.54) is 0 Å². The number of alkyl halides is 1. The molecular formula is C7H7BrClN. The van der Waals surface area contributed by atoms with Crippen LogP contribution in [-0.2, 0) is 5.88 Å². The molecule has 0 saturated heterocycles. The first-order chi connectivity index (χ1) is 4.74. The van der Waals surface area contributed by atoms with Crippen LogP contribution >= 0.6 is 27.5 Å². The first-order valence-corrected chi connectivity index (χ1v) is 4.24. The van der Waals surface area contributed by atoms with Crippen molar-refractivity contribution in [3.05, 3.63) is 28.0 Å². The maximum Gasteiger partial charge on any atom is 0.0693 e. The fourth-order valence-corrected chi connectivity index (χ4v) is 1.64. The average Bonchev–Trinajstić information content (AvgIpc) is 1.88. The van der Waals surface area contributed by atoms with Crippen LogP contribution in [0.15, 0.2) is 16.7 Å². The number of hydrogen-bond donors (Lipinski definition) is 0. The van der Waals surface area contributed by atoms with E-state index in [-0.39, 0.29) is 0 Å². The maximum absolute atomic E-state index is 5.59. The third kappa shape index (κ3) is 1.70. The maximum atomic E-state index is 5.59.